The molecule has 1 aliphatic rings. The number of hydrogen-bond donors (Lipinski definition) is 1. The lowest BCUT2D eigenvalue weighted by atomic mass is 10.2. The van der Waals surface area contributed by atoms with Gasteiger partial charge in [0.2, 0.25) is 11.8 Å². The number of thiazole rings is 1. The number of benzene rings is 1. The molecule has 32 heavy (non-hydrogen) atoms. The maximum atomic E-state index is 11.1. The number of rotatable bonds is 10. The minimum Gasteiger partial charge on any atom is -0.493 e. The molecule has 1 saturated carbocycles. The van der Waals surface area contributed by atoms with Crippen LogP contribution >= 0.6 is 11.3 Å². The highest BCUT2D eigenvalue weighted by Crippen LogP contribution is 2.34. The van der Waals surface area contributed by atoms with Crippen molar-refractivity contribution < 1.29 is 19.0 Å². The second-order valence-electron chi connectivity index (χ2n) is 8.07. The molecule has 0 spiro atoms. The van der Waals surface area contributed by atoms with E-state index < -0.39 is 0 Å². The molecule has 1 fully saturated rings. The fourth-order valence-electron chi connectivity index (χ4n) is 3.10. The Morgan fingerprint density at radius 1 is 1.19 bits per heavy atom. The third-order valence-corrected chi connectivity index (χ3v) is 5.88. The summed E-state index contributed by atoms with van der Waals surface area (Å²) in [5.74, 6) is 2.64. The van der Waals surface area contributed by atoms with Crippen molar-refractivity contribution in [3.8, 4) is 33.0 Å². The standard InChI is InChI=1S/C24H27N3O4S/c1-15-9-22(31-20-6-4-5-19(10-20)29-14-18-7-8-18)25-11-21(15)24-26-12-23(32-24)30-13-16(2)27-17(3)28/h4-6,9-12,16,18H,7-8,13-14H2,1-3H3,(H,27,28)/t16-/m0/s1. The van der Waals surface area contributed by atoms with Crippen molar-refractivity contribution in [2.45, 2.75) is 39.7 Å². The lowest BCUT2D eigenvalue weighted by molar-refractivity contribution is -0.119. The van der Waals surface area contributed by atoms with Gasteiger partial charge in [0.15, 0.2) is 5.06 Å². The molecule has 2 heterocycles. The van der Waals surface area contributed by atoms with E-state index in [4.69, 9.17) is 14.2 Å². The Labute approximate surface area is 191 Å². The third-order valence-electron chi connectivity index (χ3n) is 4.94. The van der Waals surface area contributed by atoms with E-state index in [1.165, 1.54) is 31.1 Å². The monoisotopic (exact) mass is 453 g/mol. The van der Waals surface area contributed by atoms with Crippen LogP contribution in [0.5, 0.6) is 22.4 Å². The number of aryl methyl sites for hydroxylation is 1. The first-order valence-electron chi connectivity index (χ1n) is 10.7. The van der Waals surface area contributed by atoms with Gasteiger partial charge in [0.05, 0.1) is 18.8 Å². The van der Waals surface area contributed by atoms with Crippen molar-refractivity contribution in [1.82, 2.24) is 15.3 Å². The summed E-state index contributed by atoms with van der Waals surface area (Å²) in [6.45, 7) is 6.53. The molecule has 0 saturated heterocycles. The number of nitrogens with one attached hydrogen (secondary N) is 1. The van der Waals surface area contributed by atoms with Gasteiger partial charge in [0, 0.05) is 30.8 Å². The number of carbonyl (C=O) groups is 1. The average Bonchev–Trinajstić information content (AvgIpc) is 3.47. The summed E-state index contributed by atoms with van der Waals surface area (Å²) in [6, 6.07) is 9.46. The molecule has 1 aromatic carbocycles. The van der Waals surface area contributed by atoms with Crippen LogP contribution in [-0.2, 0) is 4.79 Å². The Kier molecular flexibility index (Phi) is 6.90. The molecule has 3 aromatic rings. The van der Waals surface area contributed by atoms with Gasteiger partial charge in [-0.3, -0.25) is 4.79 Å². The molecule has 0 unspecified atom stereocenters. The van der Waals surface area contributed by atoms with Gasteiger partial charge in [-0.15, -0.1) is 0 Å². The Morgan fingerprint density at radius 3 is 2.75 bits per heavy atom. The number of amides is 1. The Morgan fingerprint density at radius 2 is 2.00 bits per heavy atom. The van der Waals surface area contributed by atoms with Crippen molar-refractivity contribution in [3.63, 3.8) is 0 Å². The first-order chi connectivity index (χ1) is 15.5. The number of aromatic nitrogens is 2. The quantitative estimate of drug-likeness (QED) is 0.465. The van der Waals surface area contributed by atoms with E-state index >= 15 is 0 Å². The Bertz CT molecular complexity index is 1080. The first-order valence-corrected chi connectivity index (χ1v) is 11.5. The molecular formula is C24H27N3O4S. The van der Waals surface area contributed by atoms with Crippen LogP contribution < -0.4 is 19.5 Å². The Balaban J connectivity index is 1.37. The summed E-state index contributed by atoms with van der Waals surface area (Å²) in [7, 11) is 0. The largest absolute Gasteiger partial charge is 0.493 e. The first kappa shape index (κ1) is 22.1. The fourth-order valence-corrected chi connectivity index (χ4v) is 3.96. The van der Waals surface area contributed by atoms with Gasteiger partial charge in [0.1, 0.15) is 23.1 Å². The van der Waals surface area contributed by atoms with Crippen LogP contribution in [0.25, 0.3) is 10.6 Å². The summed E-state index contributed by atoms with van der Waals surface area (Å²) in [4.78, 5) is 20.0. The van der Waals surface area contributed by atoms with Crippen LogP contribution in [0.1, 0.15) is 32.3 Å². The van der Waals surface area contributed by atoms with Gasteiger partial charge >= 0.3 is 0 Å². The predicted octanol–water partition coefficient (Wildman–Crippen LogP) is 5.00. The van der Waals surface area contributed by atoms with E-state index in [2.05, 4.69) is 15.3 Å². The number of ether oxygens (including phenoxy) is 3. The van der Waals surface area contributed by atoms with Gasteiger partial charge < -0.3 is 19.5 Å². The van der Waals surface area contributed by atoms with Crippen molar-refractivity contribution in [3.05, 3.63) is 48.3 Å². The van der Waals surface area contributed by atoms with Crippen molar-refractivity contribution in [2.75, 3.05) is 13.2 Å². The predicted molar refractivity (Wildman–Crippen MR) is 124 cm³/mol. The second-order valence-corrected chi connectivity index (χ2v) is 9.06. The number of hydrogen-bond acceptors (Lipinski definition) is 7. The summed E-state index contributed by atoms with van der Waals surface area (Å²) in [5.41, 5.74) is 1.93. The van der Waals surface area contributed by atoms with Crippen molar-refractivity contribution in [2.24, 2.45) is 5.92 Å². The van der Waals surface area contributed by atoms with Gasteiger partial charge in [-0.05, 0) is 50.3 Å². The second kappa shape index (κ2) is 9.99. The minimum absolute atomic E-state index is 0.0736. The van der Waals surface area contributed by atoms with Crippen LogP contribution in [0.15, 0.2) is 42.7 Å². The van der Waals surface area contributed by atoms with E-state index in [0.29, 0.717) is 29.2 Å². The molecule has 0 aliphatic heterocycles. The molecule has 1 atom stereocenters. The fraction of sp³-hybridized carbons (Fsp3) is 0.375. The molecule has 1 amide bonds. The van der Waals surface area contributed by atoms with Gasteiger partial charge in [-0.25, -0.2) is 9.97 Å². The topological polar surface area (TPSA) is 82.6 Å². The van der Waals surface area contributed by atoms with Crippen molar-refractivity contribution in [1.29, 1.82) is 0 Å². The number of nitrogens with zero attached hydrogens (tertiary/aromatic N) is 2. The highest BCUT2D eigenvalue weighted by Gasteiger charge is 2.22. The van der Waals surface area contributed by atoms with Crippen LogP contribution in [0.3, 0.4) is 0 Å². The zero-order valence-corrected chi connectivity index (χ0v) is 19.3. The third kappa shape index (κ3) is 6.20. The van der Waals surface area contributed by atoms with E-state index in [0.717, 1.165) is 28.5 Å². The van der Waals surface area contributed by atoms with E-state index in [-0.39, 0.29) is 11.9 Å². The smallest absolute Gasteiger partial charge is 0.219 e. The molecule has 0 radical (unpaired) electrons. The van der Waals surface area contributed by atoms with Gasteiger partial charge in [-0.1, -0.05) is 17.4 Å². The Hall–Kier alpha value is -3.13. The normalized spacial score (nSPS) is 14.0. The highest BCUT2D eigenvalue weighted by atomic mass is 32.1. The van der Waals surface area contributed by atoms with Gasteiger partial charge in [-0.2, -0.15) is 0 Å². The van der Waals surface area contributed by atoms with Crippen LogP contribution in [0.4, 0.5) is 0 Å². The molecular weight excluding hydrogens is 426 g/mol. The molecule has 1 N–H and O–H groups in total. The van der Waals surface area contributed by atoms with Crippen LogP contribution in [0, 0.1) is 12.8 Å². The van der Waals surface area contributed by atoms with Gasteiger partial charge in [0.25, 0.3) is 0 Å². The highest BCUT2D eigenvalue weighted by molar-refractivity contribution is 7.16. The number of pyridine rings is 1. The maximum Gasteiger partial charge on any atom is 0.219 e. The zero-order chi connectivity index (χ0) is 22.5. The molecule has 168 valence electrons. The molecule has 7 nitrogen and oxygen atoms in total. The summed E-state index contributed by atoms with van der Waals surface area (Å²) in [6.07, 6.45) is 5.97. The average molecular weight is 454 g/mol. The number of carbonyl (C=O) groups excluding carboxylic acids is 1. The van der Waals surface area contributed by atoms with Crippen molar-refractivity contribution >= 4 is 17.2 Å². The van der Waals surface area contributed by atoms with E-state index in [1.54, 1.807) is 12.4 Å². The summed E-state index contributed by atoms with van der Waals surface area (Å²) < 4.78 is 17.5. The van der Waals surface area contributed by atoms with Crippen LogP contribution in [0.2, 0.25) is 0 Å². The zero-order valence-electron chi connectivity index (χ0n) is 18.5. The summed E-state index contributed by atoms with van der Waals surface area (Å²) in [5, 5.41) is 4.31. The van der Waals surface area contributed by atoms with E-state index in [1.807, 2.05) is 44.2 Å². The molecule has 4 rings (SSSR count). The molecule has 2 aromatic heterocycles. The molecule has 1 aliphatic carbocycles. The SMILES string of the molecule is CC(=O)N[C@@H](C)COc1cnc(-c2cnc(Oc3cccc(OCC4CC4)c3)cc2C)s1. The molecule has 0 bridgehead atoms. The van der Waals surface area contributed by atoms with Crippen LogP contribution in [-0.4, -0.2) is 35.1 Å². The maximum absolute atomic E-state index is 11.1. The van der Waals surface area contributed by atoms with E-state index in [9.17, 15) is 4.79 Å². The molecule has 8 heteroatoms. The minimum atomic E-state index is -0.0763. The lowest BCUT2D eigenvalue weighted by Gasteiger charge is -2.12. The summed E-state index contributed by atoms with van der Waals surface area (Å²) >= 11 is 1.44. The lowest BCUT2D eigenvalue weighted by Crippen LogP contribution is -2.35.